The number of rotatable bonds is 8. The number of ketones is 1. The van der Waals surface area contributed by atoms with Crippen LogP contribution in [0.2, 0.25) is 0 Å². The maximum absolute atomic E-state index is 14.2. The highest BCUT2D eigenvalue weighted by atomic mass is 19.1. The Kier molecular flexibility index (Phi) is 7.43. The smallest absolute Gasteiger partial charge is 0.300 e. The van der Waals surface area contributed by atoms with Crippen LogP contribution in [0.4, 0.5) is 10.1 Å². The van der Waals surface area contributed by atoms with E-state index >= 15 is 0 Å². The molecule has 0 radical (unpaired) electrons. The van der Waals surface area contributed by atoms with Crippen molar-refractivity contribution in [2.24, 2.45) is 0 Å². The Morgan fingerprint density at radius 1 is 0.816 bits per heavy atom. The summed E-state index contributed by atoms with van der Waals surface area (Å²) in [5.74, 6) is -1.63. The van der Waals surface area contributed by atoms with Crippen molar-refractivity contribution in [3.63, 3.8) is 0 Å². The summed E-state index contributed by atoms with van der Waals surface area (Å²) in [5.41, 5.74) is 0.329. The molecule has 0 bridgehead atoms. The summed E-state index contributed by atoms with van der Waals surface area (Å²) in [6, 6.07) is 11.8. The molecular formula is C28H26FNO8. The molecule has 3 aromatic carbocycles. The summed E-state index contributed by atoms with van der Waals surface area (Å²) < 4.78 is 41.3. The Hall–Kier alpha value is -4.73. The number of Topliss-reactive ketones (excluding diaryl/α,β-unsaturated/α-hetero) is 1. The number of aliphatic hydroxyl groups excluding tert-OH is 1. The summed E-state index contributed by atoms with van der Waals surface area (Å²) in [5, 5.41) is 11.5. The molecule has 1 fully saturated rings. The van der Waals surface area contributed by atoms with Gasteiger partial charge in [-0.1, -0.05) is 6.07 Å². The standard InChI is InChI=1S/C28H26FNO8/c1-34-18-9-10-20(35-2)19(14-18)25(31)23-24(15-11-21(36-3)27(38-5)22(12-15)37-4)30(28(33)26(23)32)17-8-6-7-16(29)13-17/h6-14,24,31H,1-5H3/b25-23+. The van der Waals surface area contributed by atoms with Crippen LogP contribution in [0.5, 0.6) is 28.7 Å². The van der Waals surface area contributed by atoms with Crippen LogP contribution in [0.25, 0.3) is 5.76 Å². The van der Waals surface area contributed by atoms with E-state index in [0.29, 0.717) is 11.3 Å². The van der Waals surface area contributed by atoms with Gasteiger partial charge in [-0.25, -0.2) is 4.39 Å². The highest BCUT2D eigenvalue weighted by Gasteiger charge is 2.48. The first-order chi connectivity index (χ1) is 18.3. The molecule has 1 saturated heterocycles. The van der Waals surface area contributed by atoms with Gasteiger partial charge in [-0.2, -0.15) is 0 Å². The monoisotopic (exact) mass is 523 g/mol. The minimum absolute atomic E-state index is 0.113. The van der Waals surface area contributed by atoms with Crippen molar-refractivity contribution in [3.05, 3.63) is 77.1 Å². The fourth-order valence-corrected chi connectivity index (χ4v) is 4.44. The van der Waals surface area contributed by atoms with Gasteiger partial charge in [-0.15, -0.1) is 0 Å². The molecule has 38 heavy (non-hydrogen) atoms. The molecular weight excluding hydrogens is 497 g/mol. The molecule has 1 N–H and O–H groups in total. The second kappa shape index (κ2) is 10.7. The van der Waals surface area contributed by atoms with E-state index < -0.39 is 29.3 Å². The van der Waals surface area contributed by atoms with E-state index in [4.69, 9.17) is 23.7 Å². The first-order valence-corrected chi connectivity index (χ1v) is 11.4. The molecule has 0 spiro atoms. The SMILES string of the molecule is COc1ccc(OC)c(/C(O)=C2\C(=O)C(=O)N(c3cccc(F)c3)C2c2cc(OC)c(OC)c(OC)c2)c1. The van der Waals surface area contributed by atoms with Gasteiger partial charge in [0, 0.05) is 5.69 Å². The van der Waals surface area contributed by atoms with E-state index in [-0.39, 0.29) is 39.8 Å². The third-order valence-corrected chi connectivity index (χ3v) is 6.20. The molecule has 3 aromatic rings. The summed E-state index contributed by atoms with van der Waals surface area (Å²) >= 11 is 0. The molecule has 1 amide bonds. The number of aliphatic hydroxyl groups is 1. The average Bonchev–Trinajstić information content (AvgIpc) is 3.21. The van der Waals surface area contributed by atoms with Crippen molar-refractivity contribution in [2.45, 2.75) is 6.04 Å². The van der Waals surface area contributed by atoms with Crippen LogP contribution in [0.15, 0.2) is 60.2 Å². The molecule has 1 aliphatic rings. The molecule has 1 unspecified atom stereocenters. The van der Waals surface area contributed by atoms with Crippen LogP contribution in [0.3, 0.4) is 0 Å². The lowest BCUT2D eigenvalue weighted by atomic mass is 9.94. The Morgan fingerprint density at radius 2 is 1.47 bits per heavy atom. The van der Waals surface area contributed by atoms with Crippen molar-refractivity contribution in [3.8, 4) is 28.7 Å². The predicted molar refractivity (Wildman–Crippen MR) is 137 cm³/mol. The lowest BCUT2D eigenvalue weighted by Crippen LogP contribution is -2.29. The number of carbonyl (C=O) groups is 2. The average molecular weight is 524 g/mol. The van der Waals surface area contributed by atoms with Crippen molar-refractivity contribution >= 4 is 23.1 Å². The molecule has 9 nitrogen and oxygen atoms in total. The number of carbonyl (C=O) groups excluding carboxylic acids is 2. The van der Waals surface area contributed by atoms with Crippen LogP contribution >= 0.6 is 0 Å². The number of halogens is 1. The van der Waals surface area contributed by atoms with Gasteiger partial charge in [0.1, 0.15) is 23.1 Å². The Morgan fingerprint density at radius 3 is 2.03 bits per heavy atom. The largest absolute Gasteiger partial charge is 0.507 e. The number of benzene rings is 3. The number of nitrogens with zero attached hydrogens (tertiary/aromatic N) is 1. The van der Waals surface area contributed by atoms with Gasteiger partial charge in [0.2, 0.25) is 5.75 Å². The van der Waals surface area contributed by atoms with E-state index in [0.717, 1.165) is 11.0 Å². The first kappa shape index (κ1) is 26.3. The molecule has 1 aliphatic heterocycles. The Labute approximate surface area is 218 Å². The van der Waals surface area contributed by atoms with Gasteiger partial charge in [0.15, 0.2) is 11.5 Å². The highest BCUT2D eigenvalue weighted by Crippen LogP contribution is 2.47. The molecule has 4 rings (SSSR count). The zero-order valence-corrected chi connectivity index (χ0v) is 21.4. The minimum atomic E-state index is -1.19. The maximum Gasteiger partial charge on any atom is 0.300 e. The molecule has 1 atom stereocenters. The van der Waals surface area contributed by atoms with E-state index in [1.54, 1.807) is 24.3 Å². The second-order valence-electron chi connectivity index (χ2n) is 8.17. The van der Waals surface area contributed by atoms with Crippen LogP contribution in [0, 0.1) is 5.82 Å². The highest BCUT2D eigenvalue weighted by molar-refractivity contribution is 6.51. The molecule has 1 heterocycles. The van der Waals surface area contributed by atoms with Crippen LogP contribution in [-0.2, 0) is 9.59 Å². The molecule has 10 heteroatoms. The number of hydrogen-bond acceptors (Lipinski definition) is 8. The molecule has 0 saturated carbocycles. The minimum Gasteiger partial charge on any atom is -0.507 e. The van der Waals surface area contributed by atoms with Gasteiger partial charge in [0.05, 0.1) is 52.7 Å². The van der Waals surface area contributed by atoms with Gasteiger partial charge >= 0.3 is 0 Å². The number of amides is 1. The van der Waals surface area contributed by atoms with E-state index in [1.165, 1.54) is 59.8 Å². The number of hydrogen-bond donors (Lipinski definition) is 1. The van der Waals surface area contributed by atoms with Crippen molar-refractivity contribution < 1.29 is 42.8 Å². The van der Waals surface area contributed by atoms with Gasteiger partial charge < -0.3 is 28.8 Å². The van der Waals surface area contributed by atoms with Crippen molar-refractivity contribution in [2.75, 3.05) is 40.4 Å². The zero-order chi connectivity index (χ0) is 27.6. The summed E-state index contributed by atoms with van der Waals surface area (Å²) in [4.78, 5) is 28.0. The fourth-order valence-electron chi connectivity index (χ4n) is 4.44. The quantitative estimate of drug-likeness (QED) is 0.262. The summed E-state index contributed by atoms with van der Waals surface area (Å²) in [6.07, 6.45) is 0. The number of ether oxygens (including phenoxy) is 5. The van der Waals surface area contributed by atoms with Crippen molar-refractivity contribution in [1.29, 1.82) is 0 Å². The maximum atomic E-state index is 14.2. The van der Waals surface area contributed by atoms with Crippen molar-refractivity contribution in [1.82, 2.24) is 0 Å². The summed E-state index contributed by atoms with van der Waals surface area (Å²) in [6.45, 7) is 0. The number of methoxy groups -OCH3 is 5. The Bertz CT molecular complexity index is 1410. The lowest BCUT2D eigenvalue weighted by Gasteiger charge is -2.26. The lowest BCUT2D eigenvalue weighted by molar-refractivity contribution is -0.132. The van der Waals surface area contributed by atoms with Gasteiger partial charge in [-0.3, -0.25) is 14.5 Å². The second-order valence-corrected chi connectivity index (χ2v) is 8.17. The zero-order valence-electron chi connectivity index (χ0n) is 21.4. The number of anilines is 1. The van der Waals surface area contributed by atoms with E-state index in [9.17, 15) is 19.1 Å². The van der Waals surface area contributed by atoms with Gasteiger partial charge in [0.25, 0.3) is 11.7 Å². The van der Waals surface area contributed by atoms with Crippen LogP contribution < -0.4 is 28.6 Å². The Balaban J connectivity index is 2.06. The van der Waals surface area contributed by atoms with E-state index in [1.807, 2.05) is 0 Å². The summed E-state index contributed by atoms with van der Waals surface area (Å²) in [7, 11) is 7.14. The normalized spacial score (nSPS) is 16.4. The topological polar surface area (TPSA) is 104 Å². The molecule has 0 aromatic heterocycles. The fraction of sp³-hybridized carbons (Fsp3) is 0.214. The molecule has 198 valence electrons. The van der Waals surface area contributed by atoms with Crippen LogP contribution in [-0.4, -0.2) is 52.3 Å². The molecule has 0 aliphatic carbocycles. The third-order valence-electron chi connectivity index (χ3n) is 6.20. The van der Waals surface area contributed by atoms with Crippen LogP contribution in [0.1, 0.15) is 17.2 Å². The third kappa shape index (κ3) is 4.45. The predicted octanol–water partition coefficient (Wildman–Crippen LogP) is 4.50. The van der Waals surface area contributed by atoms with Gasteiger partial charge in [-0.05, 0) is 54.1 Å². The van der Waals surface area contributed by atoms with E-state index in [2.05, 4.69) is 0 Å². The first-order valence-electron chi connectivity index (χ1n) is 11.4.